The molecule has 0 bridgehead atoms. The zero-order valence-electron chi connectivity index (χ0n) is 15.5. The maximum atomic E-state index is 12.7. The summed E-state index contributed by atoms with van der Waals surface area (Å²) in [5.74, 6) is -0.830. The Morgan fingerprint density at radius 1 is 0.967 bits per heavy atom. The topological polar surface area (TPSA) is 97.1 Å². The first-order valence-electron chi connectivity index (χ1n) is 8.92. The number of amides is 1. The molecule has 4 aromatic rings. The van der Waals surface area contributed by atoms with E-state index in [2.05, 4.69) is 31.3 Å². The lowest BCUT2D eigenvalue weighted by atomic mass is 10.1. The summed E-state index contributed by atoms with van der Waals surface area (Å²) < 4.78 is 2.55. The number of hydrogen-bond acceptors (Lipinski definition) is 4. The van der Waals surface area contributed by atoms with E-state index >= 15 is 0 Å². The van der Waals surface area contributed by atoms with E-state index < -0.39 is 5.97 Å². The molecule has 0 saturated carbocycles. The first kappa shape index (κ1) is 19.5. The van der Waals surface area contributed by atoms with Crippen LogP contribution in [0.2, 0.25) is 0 Å². The number of aromatic nitrogens is 3. The van der Waals surface area contributed by atoms with Gasteiger partial charge in [0.1, 0.15) is 5.82 Å². The smallest absolute Gasteiger partial charge is 0.335 e. The summed E-state index contributed by atoms with van der Waals surface area (Å²) in [6.07, 6.45) is 3.09. The zero-order chi connectivity index (χ0) is 21.1. The molecule has 2 aromatic carbocycles. The standard InChI is InChI=1S/C22H15BrN4O3/c23-17-7-9-18(10-8-17)27-20(25-21(28)16-2-1-11-24-13-16)12-19(26-27)14-3-5-15(6-4-14)22(29)30/h1-13H,(H,25,28)(H,29,30). The van der Waals surface area contributed by atoms with Gasteiger partial charge in [-0.1, -0.05) is 28.1 Å². The highest BCUT2D eigenvalue weighted by atomic mass is 79.9. The van der Waals surface area contributed by atoms with Crippen LogP contribution in [-0.2, 0) is 0 Å². The fourth-order valence-corrected chi connectivity index (χ4v) is 3.12. The van der Waals surface area contributed by atoms with Crippen LogP contribution in [0.25, 0.3) is 16.9 Å². The van der Waals surface area contributed by atoms with Crippen molar-refractivity contribution in [2.75, 3.05) is 5.32 Å². The maximum Gasteiger partial charge on any atom is 0.335 e. The first-order valence-corrected chi connectivity index (χ1v) is 9.72. The predicted molar refractivity (Wildman–Crippen MR) is 116 cm³/mol. The van der Waals surface area contributed by atoms with Crippen LogP contribution in [0.4, 0.5) is 5.82 Å². The fraction of sp³-hybridized carbons (Fsp3) is 0. The van der Waals surface area contributed by atoms with Gasteiger partial charge >= 0.3 is 5.97 Å². The second kappa shape index (κ2) is 8.30. The Bertz CT molecular complexity index is 1200. The molecule has 30 heavy (non-hydrogen) atoms. The molecular weight excluding hydrogens is 448 g/mol. The van der Waals surface area contributed by atoms with Crippen molar-refractivity contribution in [3.05, 3.63) is 94.7 Å². The second-order valence-corrected chi connectivity index (χ2v) is 7.30. The van der Waals surface area contributed by atoms with Crippen LogP contribution in [0.5, 0.6) is 0 Å². The molecule has 0 radical (unpaired) electrons. The number of halogens is 1. The minimum atomic E-state index is -0.994. The molecule has 2 aromatic heterocycles. The molecule has 0 fully saturated rings. The average molecular weight is 463 g/mol. The quantitative estimate of drug-likeness (QED) is 0.449. The van der Waals surface area contributed by atoms with Crippen LogP contribution in [0.3, 0.4) is 0 Å². The Kier molecular flexibility index (Phi) is 5.40. The summed E-state index contributed by atoms with van der Waals surface area (Å²) in [4.78, 5) is 27.7. The minimum absolute atomic E-state index is 0.191. The van der Waals surface area contributed by atoms with Gasteiger partial charge in [-0.15, -0.1) is 0 Å². The second-order valence-electron chi connectivity index (χ2n) is 6.38. The third kappa shape index (κ3) is 4.13. The molecule has 7 nitrogen and oxygen atoms in total. The molecule has 2 heterocycles. The lowest BCUT2D eigenvalue weighted by molar-refractivity contribution is 0.0696. The molecular formula is C22H15BrN4O3. The number of carboxylic acids is 1. The van der Waals surface area contributed by atoms with Crippen molar-refractivity contribution in [3.8, 4) is 16.9 Å². The Morgan fingerprint density at radius 3 is 2.33 bits per heavy atom. The molecule has 0 atom stereocenters. The van der Waals surface area contributed by atoms with Crippen molar-refractivity contribution in [1.82, 2.24) is 14.8 Å². The van der Waals surface area contributed by atoms with Crippen molar-refractivity contribution >= 4 is 33.6 Å². The Labute approximate surface area is 180 Å². The highest BCUT2D eigenvalue weighted by Crippen LogP contribution is 2.26. The van der Waals surface area contributed by atoms with Gasteiger partial charge in [-0.05, 0) is 48.5 Å². The van der Waals surface area contributed by atoms with E-state index in [1.54, 1.807) is 41.2 Å². The van der Waals surface area contributed by atoms with Gasteiger partial charge in [0, 0.05) is 28.5 Å². The van der Waals surface area contributed by atoms with Gasteiger partial charge in [0.15, 0.2) is 0 Å². The van der Waals surface area contributed by atoms with Crippen molar-refractivity contribution in [2.45, 2.75) is 0 Å². The number of carbonyl (C=O) groups excluding carboxylic acids is 1. The van der Waals surface area contributed by atoms with Crippen molar-refractivity contribution < 1.29 is 14.7 Å². The number of pyridine rings is 1. The molecule has 0 aliphatic heterocycles. The van der Waals surface area contributed by atoms with E-state index in [1.807, 2.05) is 24.3 Å². The summed E-state index contributed by atoms with van der Waals surface area (Å²) in [7, 11) is 0. The van der Waals surface area contributed by atoms with E-state index in [0.29, 0.717) is 17.1 Å². The fourth-order valence-electron chi connectivity index (χ4n) is 2.86. The Balaban J connectivity index is 1.74. The van der Waals surface area contributed by atoms with Gasteiger partial charge in [-0.2, -0.15) is 5.10 Å². The van der Waals surface area contributed by atoms with Crippen molar-refractivity contribution in [2.24, 2.45) is 0 Å². The SMILES string of the molecule is O=C(O)c1ccc(-c2cc(NC(=O)c3cccnc3)n(-c3ccc(Br)cc3)n2)cc1. The minimum Gasteiger partial charge on any atom is -0.478 e. The van der Waals surface area contributed by atoms with Crippen LogP contribution in [0.1, 0.15) is 20.7 Å². The van der Waals surface area contributed by atoms with Gasteiger partial charge in [-0.3, -0.25) is 9.78 Å². The highest BCUT2D eigenvalue weighted by Gasteiger charge is 2.15. The number of nitrogens with one attached hydrogen (secondary N) is 1. The molecule has 4 rings (SSSR count). The van der Waals surface area contributed by atoms with E-state index in [9.17, 15) is 9.59 Å². The Morgan fingerprint density at radius 2 is 1.70 bits per heavy atom. The number of carbonyl (C=O) groups is 2. The molecule has 0 aliphatic carbocycles. The molecule has 148 valence electrons. The molecule has 0 aliphatic rings. The molecule has 1 amide bonds. The van der Waals surface area contributed by atoms with Gasteiger partial charge in [0.05, 0.1) is 22.5 Å². The number of nitrogens with zero attached hydrogens (tertiary/aromatic N) is 3. The highest BCUT2D eigenvalue weighted by molar-refractivity contribution is 9.10. The van der Waals surface area contributed by atoms with Crippen molar-refractivity contribution in [3.63, 3.8) is 0 Å². The molecule has 0 unspecified atom stereocenters. The average Bonchev–Trinajstić information content (AvgIpc) is 3.18. The molecule has 2 N–H and O–H groups in total. The predicted octanol–water partition coefficient (Wildman–Crippen LogP) is 4.65. The number of carboxylic acid groups (broad SMARTS) is 1. The van der Waals surface area contributed by atoms with Crippen LogP contribution in [0.15, 0.2) is 83.6 Å². The van der Waals surface area contributed by atoms with E-state index in [1.165, 1.54) is 18.3 Å². The maximum absolute atomic E-state index is 12.7. The number of aromatic carboxylic acids is 1. The summed E-state index contributed by atoms with van der Waals surface area (Å²) in [5.41, 5.74) is 2.70. The summed E-state index contributed by atoms with van der Waals surface area (Å²) in [5, 5.41) is 16.6. The largest absolute Gasteiger partial charge is 0.478 e. The van der Waals surface area contributed by atoms with Gasteiger partial charge in [-0.25, -0.2) is 9.48 Å². The summed E-state index contributed by atoms with van der Waals surface area (Å²) in [6, 6.07) is 19.0. The van der Waals surface area contributed by atoms with E-state index in [0.717, 1.165) is 15.7 Å². The normalized spacial score (nSPS) is 10.6. The van der Waals surface area contributed by atoms with Crippen LogP contribution in [0, 0.1) is 0 Å². The zero-order valence-corrected chi connectivity index (χ0v) is 17.1. The third-order valence-electron chi connectivity index (χ3n) is 4.37. The molecule has 0 spiro atoms. The van der Waals surface area contributed by atoms with Gasteiger partial charge in [0.2, 0.25) is 0 Å². The number of anilines is 1. The molecule has 8 heteroatoms. The monoisotopic (exact) mass is 462 g/mol. The van der Waals surface area contributed by atoms with Crippen LogP contribution >= 0.6 is 15.9 Å². The van der Waals surface area contributed by atoms with Crippen LogP contribution < -0.4 is 5.32 Å². The third-order valence-corrected chi connectivity index (χ3v) is 4.90. The lowest BCUT2D eigenvalue weighted by Gasteiger charge is -2.09. The lowest BCUT2D eigenvalue weighted by Crippen LogP contribution is -2.15. The first-order chi connectivity index (χ1) is 14.5. The van der Waals surface area contributed by atoms with E-state index in [-0.39, 0.29) is 11.5 Å². The number of benzene rings is 2. The summed E-state index contributed by atoms with van der Waals surface area (Å²) >= 11 is 3.41. The van der Waals surface area contributed by atoms with Crippen molar-refractivity contribution in [1.29, 1.82) is 0 Å². The number of rotatable bonds is 5. The van der Waals surface area contributed by atoms with Gasteiger partial charge < -0.3 is 10.4 Å². The summed E-state index contributed by atoms with van der Waals surface area (Å²) in [6.45, 7) is 0. The Hall–Kier alpha value is -3.78. The number of hydrogen-bond donors (Lipinski definition) is 2. The van der Waals surface area contributed by atoms with Gasteiger partial charge in [0.25, 0.3) is 5.91 Å². The molecule has 0 saturated heterocycles. The van der Waals surface area contributed by atoms with Crippen LogP contribution in [-0.4, -0.2) is 31.7 Å². The van der Waals surface area contributed by atoms with E-state index in [4.69, 9.17) is 5.11 Å².